The van der Waals surface area contributed by atoms with Crippen LogP contribution in [0.25, 0.3) is 0 Å². The highest BCUT2D eigenvalue weighted by molar-refractivity contribution is 5.67. The number of nitrogens with zero attached hydrogens (tertiary/aromatic N) is 1. The summed E-state index contributed by atoms with van der Waals surface area (Å²) in [5, 5.41) is 28.7. The number of carboxylic acid groups (broad SMARTS) is 2. The SMILES string of the molecule is C/C=[N+](\[O-])C(C)(CCC(=O)O)CCC(=O)O. The Hall–Kier alpha value is -1.59. The molecule has 0 saturated heterocycles. The third-order valence-electron chi connectivity index (χ3n) is 2.52. The standard InChI is InChI=1S/C10H17NO5/c1-3-11(16)10(2,6-4-8(12)13)7-5-9(14)15/h3H,4-7H2,1-2H3,(H,12,13)(H,14,15)/b11-3-. The van der Waals surface area contributed by atoms with Crippen LogP contribution in [0.15, 0.2) is 0 Å². The molecule has 0 spiro atoms. The van der Waals surface area contributed by atoms with Gasteiger partial charge in [-0.25, -0.2) is 4.74 Å². The summed E-state index contributed by atoms with van der Waals surface area (Å²) in [4.78, 5) is 20.9. The Labute approximate surface area is 93.8 Å². The zero-order valence-corrected chi connectivity index (χ0v) is 9.47. The van der Waals surface area contributed by atoms with Crippen molar-refractivity contribution >= 4 is 18.2 Å². The summed E-state index contributed by atoms with van der Waals surface area (Å²) in [5.41, 5.74) is -0.967. The second kappa shape index (κ2) is 6.09. The van der Waals surface area contributed by atoms with Gasteiger partial charge in [-0.15, -0.1) is 0 Å². The van der Waals surface area contributed by atoms with Crippen LogP contribution in [-0.2, 0) is 9.59 Å². The van der Waals surface area contributed by atoms with Crippen LogP contribution < -0.4 is 0 Å². The summed E-state index contributed by atoms with van der Waals surface area (Å²) in [6.07, 6.45) is 1.24. The zero-order chi connectivity index (χ0) is 12.8. The van der Waals surface area contributed by atoms with Crippen LogP contribution in [-0.4, -0.2) is 38.6 Å². The molecule has 0 bridgehead atoms. The predicted molar refractivity (Wildman–Crippen MR) is 57.5 cm³/mol. The van der Waals surface area contributed by atoms with E-state index in [-0.39, 0.29) is 25.7 Å². The summed E-state index contributed by atoms with van der Waals surface area (Å²) in [7, 11) is 0. The summed E-state index contributed by atoms with van der Waals surface area (Å²) in [6, 6.07) is 0. The first kappa shape index (κ1) is 14.4. The molecular weight excluding hydrogens is 214 g/mol. The molecule has 0 rings (SSSR count). The van der Waals surface area contributed by atoms with Crippen molar-refractivity contribution in [1.82, 2.24) is 0 Å². The van der Waals surface area contributed by atoms with E-state index in [1.54, 1.807) is 6.92 Å². The zero-order valence-electron chi connectivity index (χ0n) is 9.47. The lowest BCUT2D eigenvalue weighted by atomic mass is 9.90. The van der Waals surface area contributed by atoms with Crippen LogP contribution in [0, 0.1) is 5.21 Å². The first-order valence-electron chi connectivity index (χ1n) is 5.01. The molecule has 0 saturated carbocycles. The summed E-state index contributed by atoms with van der Waals surface area (Å²) < 4.78 is 0.638. The van der Waals surface area contributed by atoms with Gasteiger partial charge >= 0.3 is 11.9 Å². The van der Waals surface area contributed by atoms with Gasteiger partial charge in [-0.2, -0.15) is 0 Å². The molecule has 0 atom stereocenters. The van der Waals surface area contributed by atoms with Crippen LogP contribution in [0.5, 0.6) is 0 Å². The Kier molecular flexibility index (Phi) is 5.49. The molecule has 0 fully saturated rings. The topological polar surface area (TPSA) is 101 Å². The molecule has 6 heteroatoms. The number of carboxylic acids is 2. The molecule has 16 heavy (non-hydrogen) atoms. The van der Waals surface area contributed by atoms with Gasteiger partial charge in [-0.1, -0.05) is 0 Å². The van der Waals surface area contributed by atoms with Gasteiger partial charge in [0.05, 0.1) is 12.8 Å². The van der Waals surface area contributed by atoms with E-state index in [4.69, 9.17) is 10.2 Å². The maximum Gasteiger partial charge on any atom is 0.303 e. The third kappa shape index (κ3) is 4.77. The van der Waals surface area contributed by atoms with Crippen LogP contribution in [0.3, 0.4) is 0 Å². The smallest absolute Gasteiger partial charge is 0.303 e. The van der Waals surface area contributed by atoms with Gasteiger partial charge in [-0.05, 0) is 0 Å². The van der Waals surface area contributed by atoms with E-state index >= 15 is 0 Å². The quantitative estimate of drug-likeness (QED) is 0.295. The Bertz CT molecular complexity index is 280. The molecule has 0 amide bonds. The Morgan fingerprint density at radius 3 is 1.88 bits per heavy atom. The van der Waals surface area contributed by atoms with E-state index in [1.807, 2.05) is 0 Å². The van der Waals surface area contributed by atoms with Crippen LogP contribution in [0.4, 0.5) is 0 Å². The number of hydroxylamine groups is 1. The highest BCUT2D eigenvalue weighted by Gasteiger charge is 2.33. The number of aliphatic carboxylic acids is 2. The highest BCUT2D eigenvalue weighted by atomic mass is 16.5. The van der Waals surface area contributed by atoms with E-state index in [9.17, 15) is 14.8 Å². The van der Waals surface area contributed by atoms with Crippen LogP contribution in [0.1, 0.15) is 39.5 Å². The summed E-state index contributed by atoms with van der Waals surface area (Å²) in [6.45, 7) is 3.11. The minimum Gasteiger partial charge on any atom is -0.624 e. The van der Waals surface area contributed by atoms with Gasteiger partial charge < -0.3 is 15.4 Å². The molecule has 0 unspecified atom stereocenters. The van der Waals surface area contributed by atoms with Crippen molar-refractivity contribution in [3.63, 3.8) is 0 Å². The van der Waals surface area contributed by atoms with Crippen LogP contribution >= 0.6 is 0 Å². The first-order valence-corrected chi connectivity index (χ1v) is 5.01. The van der Waals surface area contributed by atoms with Gasteiger partial charge in [-0.3, -0.25) is 9.59 Å². The minimum absolute atomic E-state index is 0.128. The molecule has 6 nitrogen and oxygen atoms in total. The molecule has 2 N–H and O–H groups in total. The molecular formula is C10H17NO5. The van der Waals surface area contributed by atoms with E-state index in [1.165, 1.54) is 13.1 Å². The first-order chi connectivity index (χ1) is 7.31. The largest absolute Gasteiger partial charge is 0.624 e. The lowest BCUT2D eigenvalue weighted by Crippen LogP contribution is -2.37. The molecule has 0 radical (unpaired) electrons. The van der Waals surface area contributed by atoms with Gasteiger partial charge in [0.1, 0.15) is 6.21 Å². The highest BCUT2D eigenvalue weighted by Crippen LogP contribution is 2.23. The van der Waals surface area contributed by atoms with Gasteiger partial charge in [0, 0.05) is 26.7 Å². The normalized spacial score (nSPS) is 12.5. The fraction of sp³-hybridized carbons (Fsp3) is 0.700. The van der Waals surface area contributed by atoms with E-state index in [0.29, 0.717) is 4.74 Å². The molecule has 0 aliphatic rings. The average molecular weight is 231 g/mol. The molecule has 0 aliphatic carbocycles. The van der Waals surface area contributed by atoms with Crippen molar-refractivity contribution in [2.75, 3.05) is 0 Å². The fourth-order valence-electron chi connectivity index (χ4n) is 1.41. The minimum atomic E-state index is -0.994. The van der Waals surface area contributed by atoms with E-state index in [0.717, 1.165) is 0 Å². The number of rotatable bonds is 7. The second-order valence-corrected chi connectivity index (χ2v) is 3.87. The van der Waals surface area contributed by atoms with Gasteiger partial charge in [0.15, 0.2) is 5.54 Å². The maximum atomic E-state index is 11.5. The summed E-state index contributed by atoms with van der Waals surface area (Å²) in [5.74, 6) is -1.99. The molecule has 0 aliphatic heterocycles. The number of hydrogen-bond donors (Lipinski definition) is 2. The second-order valence-electron chi connectivity index (χ2n) is 3.87. The Balaban J connectivity index is 4.61. The molecule has 0 aromatic carbocycles. The van der Waals surface area contributed by atoms with Crippen molar-refractivity contribution in [1.29, 1.82) is 0 Å². The van der Waals surface area contributed by atoms with E-state index in [2.05, 4.69) is 0 Å². The lowest BCUT2D eigenvalue weighted by molar-refractivity contribution is -0.544. The maximum absolute atomic E-state index is 11.5. The molecule has 0 aromatic heterocycles. The van der Waals surface area contributed by atoms with Gasteiger partial charge in [0.25, 0.3) is 0 Å². The Morgan fingerprint density at radius 1 is 1.25 bits per heavy atom. The van der Waals surface area contributed by atoms with Crippen molar-refractivity contribution in [2.45, 2.75) is 45.1 Å². The molecule has 0 heterocycles. The molecule has 92 valence electrons. The molecule has 0 aromatic rings. The number of hydrogen-bond acceptors (Lipinski definition) is 3. The monoisotopic (exact) mass is 231 g/mol. The lowest BCUT2D eigenvalue weighted by Gasteiger charge is -2.27. The third-order valence-corrected chi connectivity index (χ3v) is 2.52. The van der Waals surface area contributed by atoms with E-state index < -0.39 is 17.5 Å². The van der Waals surface area contributed by atoms with Crippen molar-refractivity contribution in [3.05, 3.63) is 5.21 Å². The van der Waals surface area contributed by atoms with Gasteiger partial charge in [0.2, 0.25) is 0 Å². The van der Waals surface area contributed by atoms with Crippen LogP contribution in [0.2, 0.25) is 0 Å². The fourth-order valence-corrected chi connectivity index (χ4v) is 1.41. The average Bonchev–Trinajstić information content (AvgIpc) is 2.22. The van der Waals surface area contributed by atoms with Crippen molar-refractivity contribution in [2.24, 2.45) is 0 Å². The Morgan fingerprint density at radius 2 is 1.62 bits per heavy atom. The predicted octanol–water partition coefficient (Wildman–Crippen LogP) is 1.08. The van der Waals surface area contributed by atoms with Crippen molar-refractivity contribution < 1.29 is 24.5 Å². The summed E-state index contributed by atoms with van der Waals surface area (Å²) >= 11 is 0. The number of carbonyl (C=O) groups is 2. The van der Waals surface area contributed by atoms with Crippen molar-refractivity contribution in [3.8, 4) is 0 Å².